The molecule has 0 unspecified atom stereocenters. The van der Waals surface area contributed by atoms with Gasteiger partial charge in [-0.2, -0.15) is 0 Å². The SMILES string of the molecule is CCCNC(=O)[C@H](C)N(Cc1ccc(Cl)c(Cl)c1)C(=O)CN(c1cc(Cl)ccc1Cl)S(=O)(=O)c1ccc(C)cc1. The van der Waals surface area contributed by atoms with E-state index in [4.69, 9.17) is 46.4 Å². The van der Waals surface area contributed by atoms with Gasteiger partial charge in [0.1, 0.15) is 12.6 Å². The number of hydrogen-bond acceptors (Lipinski definition) is 4. The first-order chi connectivity index (χ1) is 18.8. The topological polar surface area (TPSA) is 86.8 Å². The summed E-state index contributed by atoms with van der Waals surface area (Å²) in [5, 5.41) is 3.72. The lowest BCUT2D eigenvalue weighted by Crippen LogP contribution is -2.51. The number of halogens is 4. The molecule has 0 aliphatic rings. The summed E-state index contributed by atoms with van der Waals surface area (Å²) in [6.07, 6.45) is 0.703. The molecule has 1 atom stereocenters. The van der Waals surface area contributed by atoms with Crippen LogP contribution >= 0.6 is 46.4 Å². The quantitative estimate of drug-likeness (QED) is 0.250. The number of nitrogens with one attached hydrogen (secondary N) is 1. The molecule has 40 heavy (non-hydrogen) atoms. The van der Waals surface area contributed by atoms with E-state index in [1.807, 2.05) is 13.8 Å². The van der Waals surface area contributed by atoms with E-state index >= 15 is 0 Å². The van der Waals surface area contributed by atoms with Crippen LogP contribution in [-0.4, -0.2) is 44.3 Å². The number of carbonyl (C=O) groups is 2. The van der Waals surface area contributed by atoms with Crippen molar-refractivity contribution in [2.75, 3.05) is 17.4 Å². The summed E-state index contributed by atoms with van der Waals surface area (Å²) >= 11 is 24.9. The van der Waals surface area contributed by atoms with Crippen LogP contribution in [0.3, 0.4) is 0 Å². The minimum Gasteiger partial charge on any atom is -0.354 e. The van der Waals surface area contributed by atoms with Crippen molar-refractivity contribution in [3.63, 3.8) is 0 Å². The molecule has 3 rings (SSSR count). The van der Waals surface area contributed by atoms with Gasteiger partial charge in [-0.1, -0.05) is 77.1 Å². The zero-order valence-electron chi connectivity index (χ0n) is 22.1. The van der Waals surface area contributed by atoms with E-state index in [1.54, 1.807) is 37.3 Å². The number of aryl methyl sites for hydroxylation is 1. The van der Waals surface area contributed by atoms with Gasteiger partial charge >= 0.3 is 0 Å². The Hall–Kier alpha value is -2.49. The zero-order valence-corrected chi connectivity index (χ0v) is 26.0. The fourth-order valence-corrected chi connectivity index (χ4v) is 6.02. The molecule has 2 amide bonds. The van der Waals surface area contributed by atoms with Crippen LogP contribution < -0.4 is 9.62 Å². The number of rotatable bonds is 11. The van der Waals surface area contributed by atoms with Gasteiger partial charge in [-0.05, 0) is 68.3 Å². The maximum absolute atomic E-state index is 13.9. The van der Waals surface area contributed by atoms with Gasteiger partial charge in [-0.3, -0.25) is 13.9 Å². The number of carbonyl (C=O) groups excluding carboxylic acids is 2. The average molecular weight is 645 g/mol. The molecular weight excluding hydrogens is 616 g/mol. The van der Waals surface area contributed by atoms with Crippen LogP contribution in [-0.2, 0) is 26.2 Å². The number of hydrogen-bond donors (Lipinski definition) is 1. The molecule has 3 aromatic carbocycles. The van der Waals surface area contributed by atoms with E-state index in [-0.39, 0.29) is 38.1 Å². The van der Waals surface area contributed by atoms with Gasteiger partial charge in [0, 0.05) is 18.1 Å². The smallest absolute Gasteiger partial charge is 0.264 e. The second kappa shape index (κ2) is 13.9. The van der Waals surface area contributed by atoms with Crippen molar-refractivity contribution >= 4 is 73.9 Å². The second-order valence-electron chi connectivity index (χ2n) is 9.16. The fourth-order valence-electron chi connectivity index (χ4n) is 3.84. The van der Waals surface area contributed by atoms with Crippen molar-refractivity contribution in [2.45, 2.75) is 44.7 Å². The Labute approximate surface area is 255 Å². The highest BCUT2D eigenvalue weighted by molar-refractivity contribution is 7.92. The monoisotopic (exact) mass is 643 g/mol. The Morgan fingerprint density at radius 1 is 0.900 bits per heavy atom. The first-order valence-electron chi connectivity index (χ1n) is 12.4. The Morgan fingerprint density at radius 3 is 2.17 bits per heavy atom. The molecule has 0 aliphatic heterocycles. The fraction of sp³-hybridized carbons (Fsp3) is 0.286. The first-order valence-corrected chi connectivity index (χ1v) is 15.4. The van der Waals surface area contributed by atoms with Crippen LogP contribution in [0.2, 0.25) is 20.1 Å². The van der Waals surface area contributed by atoms with E-state index in [2.05, 4.69) is 5.32 Å². The lowest BCUT2D eigenvalue weighted by atomic mass is 10.1. The molecular formula is C28H29Cl4N3O4S. The Balaban J connectivity index is 2.07. The summed E-state index contributed by atoms with van der Waals surface area (Å²) in [6.45, 7) is 5.06. The second-order valence-corrected chi connectivity index (χ2v) is 12.7. The van der Waals surface area contributed by atoms with Crippen molar-refractivity contribution in [3.8, 4) is 0 Å². The van der Waals surface area contributed by atoms with Crippen molar-refractivity contribution in [3.05, 3.63) is 91.9 Å². The molecule has 0 fully saturated rings. The van der Waals surface area contributed by atoms with Gasteiger partial charge < -0.3 is 10.2 Å². The number of benzene rings is 3. The molecule has 0 aliphatic carbocycles. The van der Waals surface area contributed by atoms with Crippen molar-refractivity contribution < 1.29 is 18.0 Å². The third-order valence-corrected chi connectivity index (χ3v) is 9.19. The van der Waals surface area contributed by atoms with Crippen LogP contribution in [0.5, 0.6) is 0 Å². The molecule has 0 saturated carbocycles. The third-order valence-electron chi connectivity index (χ3n) is 6.12. The predicted octanol–water partition coefficient (Wildman–Crippen LogP) is 6.75. The summed E-state index contributed by atoms with van der Waals surface area (Å²) < 4.78 is 28.7. The van der Waals surface area contributed by atoms with Crippen LogP contribution in [0, 0.1) is 6.92 Å². The molecule has 3 aromatic rings. The Kier molecular flexibility index (Phi) is 11.1. The standard InChI is InChI=1S/C28H29Cl4N3O4S/c1-4-13-33-28(37)19(3)34(16-20-7-11-23(30)25(32)14-20)27(36)17-35(26-15-21(29)8-12-24(26)31)40(38,39)22-9-5-18(2)6-10-22/h5-12,14-15,19H,4,13,16-17H2,1-3H3,(H,33,37)/t19-/m0/s1. The normalized spacial score (nSPS) is 12.1. The van der Waals surface area contributed by atoms with Gasteiger partial charge in [0.25, 0.3) is 10.0 Å². The van der Waals surface area contributed by atoms with Crippen LogP contribution in [0.1, 0.15) is 31.4 Å². The molecule has 0 aromatic heterocycles. The van der Waals surface area contributed by atoms with E-state index in [1.165, 1.54) is 35.2 Å². The highest BCUT2D eigenvalue weighted by Gasteiger charge is 2.33. The van der Waals surface area contributed by atoms with Gasteiger partial charge in [-0.25, -0.2) is 8.42 Å². The summed E-state index contributed by atoms with van der Waals surface area (Å²) in [4.78, 5) is 28.1. The van der Waals surface area contributed by atoms with Crippen LogP contribution in [0.15, 0.2) is 65.6 Å². The highest BCUT2D eigenvalue weighted by Crippen LogP contribution is 2.33. The van der Waals surface area contributed by atoms with E-state index in [9.17, 15) is 18.0 Å². The minimum absolute atomic E-state index is 0.0284. The molecule has 214 valence electrons. The molecule has 0 radical (unpaired) electrons. The molecule has 7 nitrogen and oxygen atoms in total. The molecule has 0 heterocycles. The van der Waals surface area contributed by atoms with Crippen molar-refractivity contribution in [2.24, 2.45) is 0 Å². The predicted molar refractivity (Wildman–Crippen MR) is 162 cm³/mol. The lowest BCUT2D eigenvalue weighted by molar-refractivity contribution is -0.139. The Morgan fingerprint density at radius 2 is 1.55 bits per heavy atom. The van der Waals surface area contributed by atoms with Crippen molar-refractivity contribution in [1.82, 2.24) is 10.2 Å². The summed E-state index contributed by atoms with van der Waals surface area (Å²) in [6, 6.07) is 14.5. The largest absolute Gasteiger partial charge is 0.354 e. The number of nitrogens with zero attached hydrogens (tertiary/aromatic N) is 2. The number of anilines is 1. The maximum atomic E-state index is 13.9. The Bertz CT molecular complexity index is 1480. The minimum atomic E-state index is -4.28. The summed E-state index contributed by atoms with van der Waals surface area (Å²) in [5.74, 6) is -1.03. The lowest BCUT2D eigenvalue weighted by Gasteiger charge is -2.32. The molecule has 12 heteroatoms. The first kappa shape index (κ1) is 32.0. The molecule has 0 spiro atoms. The van der Waals surface area contributed by atoms with E-state index in [0.717, 1.165) is 9.87 Å². The van der Waals surface area contributed by atoms with Gasteiger partial charge in [0.2, 0.25) is 11.8 Å². The summed E-state index contributed by atoms with van der Waals surface area (Å²) in [7, 11) is -4.28. The average Bonchev–Trinajstić information content (AvgIpc) is 2.92. The van der Waals surface area contributed by atoms with Crippen LogP contribution in [0.25, 0.3) is 0 Å². The van der Waals surface area contributed by atoms with Gasteiger partial charge in [-0.15, -0.1) is 0 Å². The maximum Gasteiger partial charge on any atom is 0.264 e. The highest BCUT2D eigenvalue weighted by atomic mass is 35.5. The van der Waals surface area contributed by atoms with Gasteiger partial charge in [0.05, 0.1) is 25.7 Å². The zero-order chi connectivity index (χ0) is 29.6. The number of amides is 2. The van der Waals surface area contributed by atoms with Gasteiger partial charge in [0.15, 0.2) is 0 Å². The van der Waals surface area contributed by atoms with Crippen molar-refractivity contribution in [1.29, 1.82) is 0 Å². The van der Waals surface area contributed by atoms with Crippen LogP contribution in [0.4, 0.5) is 5.69 Å². The van der Waals surface area contributed by atoms with E-state index in [0.29, 0.717) is 23.6 Å². The molecule has 0 saturated heterocycles. The van der Waals surface area contributed by atoms with E-state index < -0.39 is 28.5 Å². The summed E-state index contributed by atoms with van der Waals surface area (Å²) in [5.41, 5.74) is 1.49. The molecule has 1 N–H and O–H groups in total. The third kappa shape index (κ3) is 7.83. The number of sulfonamides is 1. The molecule has 0 bridgehead atoms.